The second-order valence-electron chi connectivity index (χ2n) is 3.72. The third kappa shape index (κ3) is 4.10. The number of hydrogen-bond donors (Lipinski definition) is 0. The topological polar surface area (TPSA) is 23.3 Å². The molecule has 0 fully saturated rings. The predicted octanol–water partition coefficient (Wildman–Crippen LogP) is 2.90. The van der Waals surface area contributed by atoms with Crippen LogP contribution in [-0.4, -0.2) is 19.7 Å². The lowest BCUT2D eigenvalue weighted by Gasteiger charge is -2.08. The fraction of sp³-hybridized carbons (Fsp3) is 0.500. The number of ether oxygens (including phenoxy) is 1. The molecule has 0 amide bonds. The number of nitrogens with zero attached hydrogens (tertiary/aromatic N) is 1. The van der Waals surface area contributed by atoms with E-state index < -0.39 is 0 Å². The Bertz CT molecular complexity index is 312. The van der Waals surface area contributed by atoms with E-state index >= 15 is 0 Å². The van der Waals surface area contributed by atoms with Crippen molar-refractivity contribution in [2.24, 2.45) is 0 Å². The van der Waals surface area contributed by atoms with Crippen molar-refractivity contribution in [2.45, 2.75) is 26.3 Å². The van der Waals surface area contributed by atoms with E-state index in [9.17, 15) is 0 Å². The molecule has 0 aromatic heterocycles. The molecule has 0 aliphatic carbocycles. The zero-order chi connectivity index (χ0) is 11.3. The zero-order valence-electron chi connectivity index (χ0n) is 9.46. The van der Waals surface area contributed by atoms with Crippen LogP contribution in [0.15, 0.2) is 18.2 Å². The van der Waals surface area contributed by atoms with Crippen LogP contribution in [0.25, 0.3) is 0 Å². The van der Waals surface area contributed by atoms with Crippen LogP contribution >= 0.6 is 11.6 Å². The van der Waals surface area contributed by atoms with Crippen LogP contribution in [-0.2, 0) is 6.42 Å². The maximum absolute atomic E-state index is 5.93. The molecule has 0 saturated heterocycles. The minimum absolute atomic E-state index is 0.402. The molecular formula is C12H17ClNO. The van der Waals surface area contributed by atoms with Gasteiger partial charge in [0.15, 0.2) is 0 Å². The first-order valence-corrected chi connectivity index (χ1v) is 5.50. The Hall–Kier alpha value is -0.730. The smallest absolute Gasteiger partial charge is 0.137 e. The highest BCUT2D eigenvalue weighted by molar-refractivity contribution is 6.32. The zero-order valence-corrected chi connectivity index (χ0v) is 10.2. The molecule has 0 heterocycles. The van der Waals surface area contributed by atoms with Gasteiger partial charge in [-0.2, -0.15) is 0 Å². The second-order valence-corrected chi connectivity index (χ2v) is 4.13. The van der Waals surface area contributed by atoms with E-state index in [1.807, 2.05) is 18.2 Å². The van der Waals surface area contributed by atoms with Crippen LogP contribution in [0, 0.1) is 0 Å². The molecule has 0 atom stereocenters. The third-order valence-corrected chi connectivity index (χ3v) is 2.42. The molecule has 1 aromatic carbocycles. The summed E-state index contributed by atoms with van der Waals surface area (Å²) in [6.45, 7) is 5.02. The summed E-state index contributed by atoms with van der Waals surface area (Å²) in [6.07, 6.45) is 0.936. The van der Waals surface area contributed by atoms with Gasteiger partial charge in [-0.1, -0.05) is 17.7 Å². The molecule has 0 aliphatic heterocycles. The Balaban J connectivity index is 2.54. The lowest BCUT2D eigenvalue weighted by Crippen LogP contribution is -2.17. The fourth-order valence-electron chi connectivity index (χ4n) is 1.31. The molecule has 15 heavy (non-hydrogen) atoms. The molecular weight excluding hydrogens is 210 g/mol. The van der Waals surface area contributed by atoms with Gasteiger partial charge < -0.3 is 4.74 Å². The average Bonchev–Trinajstić information content (AvgIpc) is 2.20. The van der Waals surface area contributed by atoms with Gasteiger partial charge in [0.25, 0.3) is 0 Å². The van der Waals surface area contributed by atoms with Gasteiger partial charge >= 0.3 is 0 Å². The van der Waals surface area contributed by atoms with Crippen molar-refractivity contribution in [3.05, 3.63) is 28.8 Å². The average molecular weight is 227 g/mol. The lowest BCUT2D eigenvalue weighted by atomic mass is 10.1. The SMILES string of the molecule is COc1cc(CC[N]C(C)C)ccc1Cl. The van der Waals surface area contributed by atoms with Gasteiger partial charge in [0.2, 0.25) is 0 Å². The monoisotopic (exact) mass is 226 g/mol. The first kappa shape index (κ1) is 12.3. The Labute approximate surface area is 96.6 Å². The third-order valence-electron chi connectivity index (χ3n) is 2.11. The summed E-state index contributed by atoms with van der Waals surface area (Å²) in [6, 6.07) is 6.25. The van der Waals surface area contributed by atoms with Crippen molar-refractivity contribution in [1.82, 2.24) is 5.32 Å². The summed E-state index contributed by atoms with van der Waals surface area (Å²) in [5.74, 6) is 0.735. The Morgan fingerprint density at radius 1 is 1.40 bits per heavy atom. The maximum Gasteiger partial charge on any atom is 0.137 e. The highest BCUT2D eigenvalue weighted by Gasteiger charge is 2.02. The van der Waals surface area contributed by atoms with E-state index in [1.165, 1.54) is 5.56 Å². The predicted molar refractivity (Wildman–Crippen MR) is 63.8 cm³/mol. The summed E-state index contributed by atoms with van der Waals surface area (Å²) in [7, 11) is 1.63. The van der Waals surface area contributed by atoms with Gasteiger partial charge in [-0.25, -0.2) is 5.32 Å². The molecule has 0 unspecified atom stereocenters. The van der Waals surface area contributed by atoms with Crippen molar-refractivity contribution in [3.8, 4) is 5.75 Å². The summed E-state index contributed by atoms with van der Waals surface area (Å²) in [5, 5.41) is 5.08. The summed E-state index contributed by atoms with van der Waals surface area (Å²) < 4.78 is 5.15. The largest absolute Gasteiger partial charge is 0.495 e. The van der Waals surface area contributed by atoms with Gasteiger partial charge in [-0.05, 0) is 38.0 Å². The standard InChI is InChI=1S/C12H17ClNO/c1-9(2)14-7-6-10-4-5-11(13)12(8-10)15-3/h4-5,8-9H,6-7H2,1-3H3. The highest BCUT2D eigenvalue weighted by atomic mass is 35.5. The van der Waals surface area contributed by atoms with Crippen molar-refractivity contribution < 1.29 is 4.74 Å². The molecule has 1 radical (unpaired) electrons. The summed E-state index contributed by atoms with van der Waals surface area (Å²) in [4.78, 5) is 0. The molecule has 83 valence electrons. The fourth-order valence-corrected chi connectivity index (χ4v) is 1.51. The summed E-state index contributed by atoms with van der Waals surface area (Å²) >= 11 is 5.93. The molecule has 0 saturated carbocycles. The number of hydrogen-bond acceptors (Lipinski definition) is 1. The van der Waals surface area contributed by atoms with Crippen LogP contribution < -0.4 is 10.1 Å². The maximum atomic E-state index is 5.93. The minimum atomic E-state index is 0.402. The number of benzene rings is 1. The Morgan fingerprint density at radius 3 is 2.73 bits per heavy atom. The normalized spacial score (nSPS) is 10.7. The molecule has 3 heteroatoms. The molecule has 1 aromatic rings. The van der Waals surface area contributed by atoms with Crippen molar-refractivity contribution in [1.29, 1.82) is 0 Å². The number of methoxy groups -OCH3 is 1. The van der Waals surface area contributed by atoms with Crippen LogP contribution in [0.1, 0.15) is 19.4 Å². The van der Waals surface area contributed by atoms with E-state index in [-0.39, 0.29) is 0 Å². The number of halogens is 1. The molecule has 0 bridgehead atoms. The van der Waals surface area contributed by atoms with E-state index in [0.29, 0.717) is 11.1 Å². The van der Waals surface area contributed by atoms with Crippen molar-refractivity contribution >= 4 is 11.6 Å². The van der Waals surface area contributed by atoms with E-state index in [1.54, 1.807) is 7.11 Å². The Kier molecular flexibility index (Phi) is 4.92. The quantitative estimate of drug-likeness (QED) is 0.757. The molecule has 2 nitrogen and oxygen atoms in total. The van der Waals surface area contributed by atoms with Gasteiger partial charge in [0.05, 0.1) is 12.1 Å². The van der Waals surface area contributed by atoms with Gasteiger partial charge in [-0.3, -0.25) is 0 Å². The molecule has 1 rings (SSSR count). The first-order chi connectivity index (χ1) is 7.13. The Morgan fingerprint density at radius 2 is 2.13 bits per heavy atom. The van der Waals surface area contributed by atoms with Crippen LogP contribution in [0.4, 0.5) is 0 Å². The van der Waals surface area contributed by atoms with Crippen molar-refractivity contribution in [3.63, 3.8) is 0 Å². The van der Waals surface area contributed by atoms with Crippen LogP contribution in [0.3, 0.4) is 0 Å². The highest BCUT2D eigenvalue weighted by Crippen LogP contribution is 2.25. The van der Waals surface area contributed by atoms with Crippen LogP contribution in [0.2, 0.25) is 5.02 Å². The minimum Gasteiger partial charge on any atom is -0.495 e. The van der Waals surface area contributed by atoms with E-state index in [4.69, 9.17) is 16.3 Å². The van der Waals surface area contributed by atoms with Gasteiger partial charge in [0.1, 0.15) is 5.75 Å². The van der Waals surface area contributed by atoms with Gasteiger partial charge in [-0.15, -0.1) is 0 Å². The lowest BCUT2D eigenvalue weighted by molar-refractivity contribution is 0.414. The second kappa shape index (κ2) is 5.99. The molecule has 0 spiro atoms. The van der Waals surface area contributed by atoms with E-state index in [2.05, 4.69) is 19.2 Å². The van der Waals surface area contributed by atoms with Gasteiger partial charge in [0, 0.05) is 12.6 Å². The summed E-state index contributed by atoms with van der Waals surface area (Å²) in [5.41, 5.74) is 1.21. The first-order valence-electron chi connectivity index (χ1n) is 5.12. The van der Waals surface area contributed by atoms with Crippen molar-refractivity contribution in [2.75, 3.05) is 13.7 Å². The molecule has 0 N–H and O–H groups in total. The van der Waals surface area contributed by atoms with Crippen LogP contribution in [0.5, 0.6) is 5.75 Å². The van der Waals surface area contributed by atoms with E-state index in [0.717, 1.165) is 18.7 Å². The number of rotatable bonds is 5. The molecule has 0 aliphatic rings.